The molecular formula is C14H5F6O6-. The van der Waals surface area contributed by atoms with Crippen LogP contribution in [-0.4, -0.2) is 24.3 Å². The second-order valence-electron chi connectivity index (χ2n) is 4.87. The van der Waals surface area contributed by atoms with Crippen molar-refractivity contribution < 1.29 is 50.2 Å². The van der Waals surface area contributed by atoms with Gasteiger partial charge in [-0.25, -0.2) is 4.79 Å². The molecule has 0 saturated heterocycles. The van der Waals surface area contributed by atoms with E-state index >= 15 is 0 Å². The van der Waals surface area contributed by atoms with Gasteiger partial charge in [-0.05, 0) is 18.2 Å². The lowest BCUT2D eigenvalue weighted by Gasteiger charge is -2.21. The van der Waals surface area contributed by atoms with Crippen LogP contribution < -0.4 is 15.5 Å². The van der Waals surface area contributed by atoms with Crippen LogP contribution in [0.3, 0.4) is 0 Å². The number of aromatic carboxylic acids is 1. The number of esters is 1. The van der Waals surface area contributed by atoms with Crippen molar-refractivity contribution in [1.29, 1.82) is 0 Å². The third kappa shape index (κ3) is 3.95. The minimum atomic E-state index is -5.93. The Morgan fingerprint density at radius 1 is 1.04 bits per heavy atom. The van der Waals surface area contributed by atoms with E-state index in [9.17, 15) is 45.8 Å². The largest absolute Gasteiger partial charge is 0.545 e. The van der Waals surface area contributed by atoms with Crippen molar-refractivity contribution in [3.63, 3.8) is 0 Å². The summed E-state index contributed by atoms with van der Waals surface area (Å²) in [5.74, 6) is -9.61. The predicted octanol–water partition coefficient (Wildman–Crippen LogP) is 1.80. The average Bonchev–Trinajstić information content (AvgIpc) is 2.42. The molecule has 0 N–H and O–H groups in total. The number of benzene rings is 1. The minimum Gasteiger partial charge on any atom is -0.545 e. The van der Waals surface area contributed by atoms with E-state index in [1.54, 1.807) is 0 Å². The van der Waals surface area contributed by atoms with E-state index in [0.29, 0.717) is 6.07 Å². The molecule has 12 heteroatoms. The van der Waals surface area contributed by atoms with Crippen LogP contribution in [0.15, 0.2) is 33.5 Å². The highest BCUT2D eigenvalue weighted by Gasteiger charge is 2.62. The number of ether oxygens (including phenoxy) is 1. The molecule has 0 atom stereocenters. The molecule has 0 fully saturated rings. The van der Waals surface area contributed by atoms with Crippen LogP contribution in [0.1, 0.15) is 10.4 Å². The molecule has 26 heavy (non-hydrogen) atoms. The summed E-state index contributed by atoms with van der Waals surface area (Å²) < 4.78 is 83.4. The van der Waals surface area contributed by atoms with Crippen molar-refractivity contribution in [2.75, 3.05) is 0 Å². The molecule has 0 aliphatic rings. The molecule has 0 aliphatic heterocycles. The summed E-state index contributed by atoms with van der Waals surface area (Å²) in [5.41, 5.74) is -2.65. The van der Waals surface area contributed by atoms with E-state index < -0.39 is 52.7 Å². The Bertz CT molecular complexity index is 912. The fourth-order valence-corrected chi connectivity index (χ4v) is 1.93. The van der Waals surface area contributed by atoms with Gasteiger partial charge in [0.15, 0.2) is 0 Å². The standard InChI is InChI=1S/C14H6F6O6/c15-13(16,17)9(14(18,19)20)12(24)25-6-2-1-5-3-7(10(21)22)11(23)26-8(5)4-6/h1-4,9H,(H,21,22)/p-1. The summed E-state index contributed by atoms with van der Waals surface area (Å²) in [7, 11) is 0. The Labute approximate surface area is 138 Å². The number of hydrogen-bond donors (Lipinski definition) is 0. The smallest absolute Gasteiger partial charge is 0.411 e. The molecule has 0 unspecified atom stereocenters. The molecule has 2 rings (SSSR count). The topological polar surface area (TPSA) is 96.6 Å². The van der Waals surface area contributed by atoms with Gasteiger partial charge in [-0.15, -0.1) is 0 Å². The number of carbonyl (C=O) groups excluding carboxylic acids is 2. The van der Waals surface area contributed by atoms with E-state index in [2.05, 4.69) is 9.15 Å². The highest BCUT2D eigenvalue weighted by atomic mass is 19.4. The number of halogens is 6. The number of carbonyl (C=O) groups is 2. The van der Waals surface area contributed by atoms with Gasteiger partial charge in [0.2, 0.25) is 5.92 Å². The maximum atomic E-state index is 12.5. The normalized spacial score (nSPS) is 12.4. The number of carboxylic acid groups (broad SMARTS) is 1. The van der Waals surface area contributed by atoms with Gasteiger partial charge in [0.25, 0.3) is 0 Å². The van der Waals surface area contributed by atoms with Gasteiger partial charge in [-0.1, -0.05) is 0 Å². The van der Waals surface area contributed by atoms with Gasteiger partial charge in [0.1, 0.15) is 11.3 Å². The number of carboxylic acids is 1. The molecule has 0 radical (unpaired) electrons. The second-order valence-corrected chi connectivity index (χ2v) is 4.87. The van der Waals surface area contributed by atoms with E-state index in [4.69, 9.17) is 0 Å². The zero-order chi connectivity index (χ0) is 19.9. The minimum absolute atomic E-state index is 0.0493. The predicted molar refractivity (Wildman–Crippen MR) is 68.0 cm³/mol. The molecular weight excluding hydrogens is 378 g/mol. The van der Waals surface area contributed by atoms with Gasteiger partial charge < -0.3 is 19.1 Å². The third-order valence-electron chi connectivity index (χ3n) is 3.04. The molecule has 0 amide bonds. The average molecular weight is 383 g/mol. The first-order valence-corrected chi connectivity index (χ1v) is 6.45. The quantitative estimate of drug-likeness (QED) is 0.347. The highest BCUT2D eigenvalue weighted by Crippen LogP contribution is 2.40. The summed E-state index contributed by atoms with van der Waals surface area (Å²) >= 11 is 0. The number of rotatable bonds is 3. The SMILES string of the molecule is O=C([O-])c1cc2ccc(OC(=O)C(C(F)(F)F)C(F)(F)F)cc2oc1=O. The first kappa shape index (κ1) is 19.3. The molecule has 0 bridgehead atoms. The second kappa shape index (κ2) is 6.35. The van der Waals surface area contributed by atoms with Gasteiger partial charge >= 0.3 is 23.9 Å². The van der Waals surface area contributed by atoms with Crippen LogP contribution in [-0.2, 0) is 4.79 Å². The van der Waals surface area contributed by atoms with E-state index in [1.807, 2.05) is 0 Å². The van der Waals surface area contributed by atoms with Crippen molar-refractivity contribution in [1.82, 2.24) is 0 Å². The molecule has 1 aromatic heterocycles. The van der Waals surface area contributed by atoms with Gasteiger partial charge in [0, 0.05) is 11.5 Å². The highest BCUT2D eigenvalue weighted by molar-refractivity contribution is 5.90. The third-order valence-corrected chi connectivity index (χ3v) is 3.04. The summed E-state index contributed by atoms with van der Waals surface area (Å²) in [4.78, 5) is 33.4. The van der Waals surface area contributed by atoms with Crippen molar-refractivity contribution in [2.45, 2.75) is 12.4 Å². The first-order chi connectivity index (χ1) is 11.8. The molecule has 0 aliphatic carbocycles. The summed E-state index contributed by atoms with van der Waals surface area (Å²) in [6.45, 7) is 0. The zero-order valence-corrected chi connectivity index (χ0v) is 12.1. The molecule has 0 spiro atoms. The molecule has 1 aromatic carbocycles. The fraction of sp³-hybridized carbons (Fsp3) is 0.214. The Morgan fingerprint density at radius 2 is 1.62 bits per heavy atom. The van der Waals surface area contributed by atoms with Crippen molar-refractivity contribution >= 4 is 22.9 Å². The molecule has 6 nitrogen and oxygen atoms in total. The number of alkyl halides is 6. The number of hydrogen-bond acceptors (Lipinski definition) is 6. The first-order valence-electron chi connectivity index (χ1n) is 6.45. The monoisotopic (exact) mass is 383 g/mol. The molecule has 140 valence electrons. The van der Waals surface area contributed by atoms with Crippen molar-refractivity contribution in [3.8, 4) is 5.75 Å². The molecule has 2 aromatic rings. The Balaban J connectivity index is 2.39. The lowest BCUT2D eigenvalue weighted by atomic mass is 10.1. The Morgan fingerprint density at radius 3 is 2.12 bits per heavy atom. The van der Waals surface area contributed by atoms with Crippen LogP contribution in [0, 0.1) is 5.92 Å². The van der Waals surface area contributed by atoms with E-state index in [-0.39, 0.29) is 5.39 Å². The van der Waals surface area contributed by atoms with Gasteiger partial charge in [-0.3, -0.25) is 4.79 Å². The van der Waals surface area contributed by atoms with E-state index in [0.717, 1.165) is 18.2 Å². The van der Waals surface area contributed by atoms with Crippen LogP contribution in [0.5, 0.6) is 5.75 Å². The maximum absolute atomic E-state index is 12.5. The maximum Gasteiger partial charge on any atom is 0.411 e. The van der Waals surface area contributed by atoms with Crippen LogP contribution in [0.2, 0.25) is 0 Å². The van der Waals surface area contributed by atoms with Crippen LogP contribution in [0.25, 0.3) is 11.0 Å². The van der Waals surface area contributed by atoms with E-state index in [1.165, 1.54) is 0 Å². The van der Waals surface area contributed by atoms with Crippen LogP contribution >= 0.6 is 0 Å². The van der Waals surface area contributed by atoms with Gasteiger partial charge in [0.05, 0.1) is 11.5 Å². The fourth-order valence-electron chi connectivity index (χ4n) is 1.93. The summed E-state index contributed by atoms with van der Waals surface area (Å²) in [6.07, 6.45) is -11.9. The Kier molecular flexibility index (Phi) is 4.71. The number of fused-ring (bicyclic) bond motifs is 1. The summed E-state index contributed by atoms with van der Waals surface area (Å²) in [6, 6.07) is 3.24. The molecule has 1 heterocycles. The lowest BCUT2D eigenvalue weighted by Crippen LogP contribution is -2.44. The van der Waals surface area contributed by atoms with Crippen molar-refractivity contribution in [2.24, 2.45) is 5.92 Å². The molecule has 0 saturated carbocycles. The summed E-state index contributed by atoms with van der Waals surface area (Å²) in [5, 5.41) is 10.6. The zero-order valence-electron chi connectivity index (χ0n) is 12.1. The van der Waals surface area contributed by atoms with Crippen LogP contribution in [0.4, 0.5) is 26.3 Å². The van der Waals surface area contributed by atoms with Crippen molar-refractivity contribution in [3.05, 3.63) is 40.2 Å². The van der Waals surface area contributed by atoms with Gasteiger partial charge in [-0.2, -0.15) is 26.3 Å². The Hall–Kier alpha value is -3.05. The lowest BCUT2D eigenvalue weighted by molar-refractivity contribution is -0.279.